The average Bonchev–Trinajstić information content (AvgIpc) is 2.86. The van der Waals surface area contributed by atoms with Gasteiger partial charge in [0, 0.05) is 29.6 Å². The van der Waals surface area contributed by atoms with Gasteiger partial charge in [-0.25, -0.2) is 0 Å². The van der Waals surface area contributed by atoms with E-state index in [1.165, 1.54) is 30.4 Å². The molecular weight excluding hydrogens is 318 g/mol. The molecule has 1 atom stereocenters. The Hall–Kier alpha value is -0.580. The Morgan fingerprint density at radius 1 is 1.45 bits per heavy atom. The highest BCUT2D eigenvalue weighted by molar-refractivity contribution is 9.10. The highest BCUT2D eigenvalue weighted by Crippen LogP contribution is 2.45. The summed E-state index contributed by atoms with van der Waals surface area (Å²) in [6, 6.07) is 4.64. The third-order valence-electron chi connectivity index (χ3n) is 4.77. The van der Waals surface area contributed by atoms with Gasteiger partial charge in [0.15, 0.2) is 0 Å². The second-order valence-electron chi connectivity index (χ2n) is 5.87. The van der Waals surface area contributed by atoms with Gasteiger partial charge in [-0.05, 0) is 50.4 Å². The van der Waals surface area contributed by atoms with E-state index in [0.29, 0.717) is 0 Å². The molecule has 1 aliphatic heterocycles. The van der Waals surface area contributed by atoms with Crippen LogP contribution in [0.3, 0.4) is 0 Å². The van der Waals surface area contributed by atoms with Crippen LogP contribution in [0.4, 0.5) is 0 Å². The SMILES string of the molecule is CNC(CC1(OC)CCC1)c1cc(Br)cc2c1OCC2. The number of hydrogen-bond acceptors (Lipinski definition) is 3. The summed E-state index contributed by atoms with van der Waals surface area (Å²) in [7, 11) is 3.86. The summed E-state index contributed by atoms with van der Waals surface area (Å²) in [5, 5.41) is 3.45. The van der Waals surface area contributed by atoms with E-state index in [9.17, 15) is 0 Å². The fraction of sp³-hybridized carbons (Fsp3) is 0.625. The molecule has 2 aliphatic rings. The van der Waals surface area contributed by atoms with Crippen molar-refractivity contribution in [3.63, 3.8) is 0 Å². The first-order valence-corrected chi connectivity index (χ1v) is 8.14. The molecule has 0 amide bonds. The van der Waals surface area contributed by atoms with Crippen molar-refractivity contribution in [1.82, 2.24) is 5.32 Å². The molecule has 0 aromatic heterocycles. The van der Waals surface area contributed by atoms with E-state index in [-0.39, 0.29) is 11.6 Å². The van der Waals surface area contributed by atoms with Gasteiger partial charge < -0.3 is 14.8 Å². The van der Waals surface area contributed by atoms with Crippen LogP contribution in [-0.4, -0.2) is 26.4 Å². The number of rotatable bonds is 5. The smallest absolute Gasteiger partial charge is 0.127 e. The van der Waals surface area contributed by atoms with Gasteiger partial charge in [-0.3, -0.25) is 0 Å². The molecule has 1 aliphatic carbocycles. The minimum Gasteiger partial charge on any atom is -0.493 e. The van der Waals surface area contributed by atoms with Gasteiger partial charge in [-0.2, -0.15) is 0 Å². The third kappa shape index (κ3) is 2.49. The van der Waals surface area contributed by atoms with Crippen molar-refractivity contribution in [2.45, 2.75) is 43.7 Å². The third-order valence-corrected chi connectivity index (χ3v) is 5.23. The maximum absolute atomic E-state index is 5.87. The van der Waals surface area contributed by atoms with Gasteiger partial charge in [0.05, 0.1) is 12.2 Å². The average molecular weight is 340 g/mol. The zero-order valence-corrected chi connectivity index (χ0v) is 13.8. The van der Waals surface area contributed by atoms with Crippen molar-refractivity contribution in [1.29, 1.82) is 0 Å². The zero-order chi connectivity index (χ0) is 14.2. The number of nitrogens with one attached hydrogen (secondary N) is 1. The molecular formula is C16H22BrNO2. The summed E-state index contributed by atoms with van der Waals surface area (Å²) < 4.78 is 12.8. The lowest BCUT2D eigenvalue weighted by atomic mass is 9.74. The Labute approximate surface area is 129 Å². The summed E-state index contributed by atoms with van der Waals surface area (Å²) in [5.41, 5.74) is 2.63. The molecule has 0 spiro atoms. The number of hydrogen-bond donors (Lipinski definition) is 1. The van der Waals surface area contributed by atoms with E-state index in [2.05, 4.69) is 33.4 Å². The number of ether oxygens (including phenoxy) is 2. The maximum Gasteiger partial charge on any atom is 0.127 e. The van der Waals surface area contributed by atoms with E-state index in [0.717, 1.165) is 29.7 Å². The molecule has 3 rings (SSSR count). The Balaban J connectivity index is 1.90. The molecule has 110 valence electrons. The van der Waals surface area contributed by atoms with Gasteiger partial charge >= 0.3 is 0 Å². The highest BCUT2D eigenvalue weighted by atomic mass is 79.9. The minimum atomic E-state index is 0.0570. The predicted octanol–water partition coefficient (Wildman–Crippen LogP) is 3.60. The van der Waals surface area contributed by atoms with Crippen molar-refractivity contribution in [3.05, 3.63) is 27.7 Å². The second kappa shape index (κ2) is 5.66. The van der Waals surface area contributed by atoms with Crippen molar-refractivity contribution in [3.8, 4) is 5.75 Å². The summed E-state index contributed by atoms with van der Waals surface area (Å²) >= 11 is 3.63. The van der Waals surface area contributed by atoms with Crippen molar-refractivity contribution >= 4 is 15.9 Å². The Bertz CT molecular complexity index is 494. The van der Waals surface area contributed by atoms with Crippen LogP contribution in [0.15, 0.2) is 16.6 Å². The molecule has 1 N–H and O–H groups in total. The molecule has 0 radical (unpaired) electrons. The van der Waals surface area contributed by atoms with E-state index < -0.39 is 0 Å². The van der Waals surface area contributed by atoms with Crippen LogP contribution in [0.1, 0.15) is 42.9 Å². The molecule has 20 heavy (non-hydrogen) atoms. The zero-order valence-electron chi connectivity index (χ0n) is 12.2. The lowest BCUT2D eigenvalue weighted by Crippen LogP contribution is -2.42. The van der Waals surface area contributed by atoms with Gasteiger partial charge in [-0.15, -0.1) is 0 Å². The monoisotopic (exact) mass is 339 g/mol. The fourth-order valence-electron chi connectivity index (χ4n) is 3.36. The van der Waals surface area contributed by atoms with E-state index in [1.807, 2.05) is 14.2 Å². The van der Waals surface area contributed by atoms with Crippen LogP contribution < -0.4 is 10.1 Å². The topological polar surface area (TPSA) is 30.5 Å². The van der Waals surface area contributed by atoms with Crippen LogP contribution >= 0.6 is 15.9 Å². The van der Waals surface area contributed by atoms with Crippen LogP contribution in [-0.2, 0) is 11.2 Å². The van der Waals surface area contributed by atoms with Crippen LogP contribution in [0, 0.1) is 0 Å². The van der Waals surface area contributed by atoms with E-state index in [1.54, 1.807) is 0 Å². The number of benzene rings is 1. The molecule has 0 saturated heterocycles. The maximum atomic E-state index is 5.87. The molecule has 1 unspecified atom stereocenters. The largest absolute Gasteiger partial charge is 0.493 e. The standard InChI is InChI=1S/C16H22BrNO2/c1-18-14(10-16(19-2)5-3-6-16)13-9-12(17)8-11-4-7-20-15(11)13/h8-9,14,18H,3-7,10H2,1-2H3. The normalized spacial score (nSPS) is 20.9. The van der Waals surface area contributed by atoms with Crippen LogP contribution in [0.2, 0.25) is 0 Å². The summed E-state index contributed by atoms with van der Waals surface area (Å²) in [4.78, 5) is 0. The Morgan fingerprint density at radius 3 is 2.85 bits per heavy atom. The number of methoxy groups -OCH3 is 1. The van der Waals surface area contributed by atoms with Crippen molar-refractivity contribution in [2.24, 2.45) is 0 Å². The molecule has 3 nitrogen and oxygen atoms in total. The molecule has 1 saturated carbocycles. The number of halogens is 1. The lowest BCUT2D eigenvalue weighted by Gasteiger charge is -2.43. The van der Waals surface area contributed by atoms with Crippen LogP contribution in [0.25, 0.3) is 0 Å². The second-order valence-corrected chi connectivity index (χ2v) is 6.78. The van der Waals surface area contributed by atoms with Crippen molar-refractivity contribution < 1.29 is 9.47 Å². The first-order chi connectivity index (χ1) is 9.67. The molecule has 1 fully saturated rings. The van der Waals surface area contributed by atoms with Gasteiger partial charge in [-0.1, -0.05) is 15.9 Å². The molecule has 4 heteroatoms. The molecule has 0 bridgehead atoms. The van der Waals surface area contributed by atoms with Crippen LogP contribution in [0.5, 0.6) is 5.75 Å². The predicted molar refractivity (Wildman–Crippen MR) is 83.3 cm³/mol. The summed E-state index contributed by atoms with van der Waals surface area (Å²) in [5.74, 6) is 1.08. The highest BCUT2D eigenvalue weighted by Gasteiger charge is 2.40. The lowest BCUT2D eigenvalue weighted by molar-refractivity contribution is -0.0835. The van der Waals surface area contributed by atoms with Crippen molar-refractivity contribution in [2.75, 3.05) is 20.8 Å². The molecule has 1 aromatic rings. The first-order valence-electron chi connectivity index (χ1n) is 7.35. The Kier molecular flexibility index (Phi) is 4.07. The summed E-state index contributed by atoms with van der Waals surface area (Å²) in [6.07, 6.45) is 5.62. The van der Waals surface area contributed by atoms with E-state index >= 15 is 0 Å². The first kappa shape index (κ1) is 14.4. The van der Waals surface area contributed by atoms with E-state index in [4.69, 9.17) is 9.47 Å². The quantitative estimate of drug-likeness (QED) is 0.888. The molecule has 1 aromatic carbocycles. The Morgan fingerprint density at radius 2 is 2.25 bits per heavy atom. The van der Waals surface area contributed by atoms with Gasteiger partial charge in [0.2, 0.25) is 0 Å². The minimum absolute atomic E-state index is 0.0570. The molecule has 1 heterocycles. The number of fused-ring (bicyclic) bond motifs is 1. The summed E-state index contributed by atoms with van der Waals surface area (Å²) in [6.45, 7) is 0.796. The fourth-order valence-corrected chi connectivity index (χ4v) is 3.88. The van der Waals surface area contributed by atoms with Gasteiger partial charge in [0.25, 0.3) is 0 Å². The van der Waals surface area contributed by atoms with Gasteiger partial charge in [0.1, 0.15) is 5.75 Å².